The fourth-order valence-electron chi connectivity index (χ4n) is 5.27. The molecule has 2 aliphatic rings. The summed E-state index contributed by atoms with van der Waals surface area (Å²) in [4.78, 5) is 43.2. The summed E-state index contributed by atoms with van der Waals surface area (Å²) < 4.78 is 5.77. The third-order valence-electron chi connectivity index (χ3n) is 7.38. The number of methoxy groups -OCH3 is 1. The van der Waals surface area contributed by atoms with E-state index >= 15 is 0 Å². The molecule has 2 amide bonds. The second kappa shape index (κ2) is 13.7. The molecule has 3 aromatic carbocycles. The second-order valence-electron chi connectivity index (χ2n) is 10.2. The summed E-state index contributed by atoms with van der Waals surface area (Å²) >= 11 is 1.43. The molecule has 2 heterocycles. The average Bonchev–Trinajstić information content (AvgIpc) is 3.60. The first kappa shape index (κ1) is 31.5. The lowest BCUT2D eigenvalue weighted by Crippen LogP contribution is -2.30. The maximum Gasteiger partial charge on any atom is 0.414 e. The molecule has 5 rings (SSSR count). The van der Waals surface area contributed by atoms with Gasteiger partial charge in [-0.3, -0.25) is 14.5 Å². The van der Waals surface area contributed by atoms with Gasteiger partial charge in [-0.1, -0.05) is 54.2 Å². The van der Waals surface area contributed by atoms with Crippen molar-refractivity contribution in [1.29, 1.82) is 0 Å². The first-order valence-electron chi connectivity index (χ1n) is 13.6. The molecule has 0 aromatic heterocycles. The Hall–Kier alpha value is -4.39. The molecule has 12 heteroatoms. The van der Waals surface area contributed by atoms with Crippen molar-refractivity contribution in [3.63, 3.8) is 0 Å². The topological polar surface area (TPSA) is 179 Å². The van der Waals surface area contributed by atoms with E-state index in [1.165, 1.54) is 30.2 Å². The van der Waals surface area contributed by atoms with Gasteiger partial charge >= 0.3 is 23.8 Å². The van der Waals surface area contributed by atoms with Crippen molar-refractivity contribution in [2.24, 2.45) is 5.73 Å². The van der Waals surface area contributed by atoms with E-state index in [9.17, 15) is 14.7 Å². The Labute approximate surface area is 252 Å². The smallest absolute Gasteiger partial charge is 0.414 e. The number of amides is 2. The molecule has 1 fully saturated rings. The van der Waals surface area contributed by atoms with Crippen LogP contribution in [0.3, 0.4) is 0 Å². The van der Waals surface area contributed by atoms with E-state index in [0.29, 0.717) is 17.7 Å². The molecule has 1 saturated heterocycles. The van der Waals surface area contributed by atoms with Crippen LogP contribution in [-0.2, 0) is 37.1 Å². The van der Waals surface area contributed by atoms with Gasteiger partial charge in [-0.25, -0.2) is 9.59 Å². The van der Waals surface area contributed by atoms with Crippen LogP contribution in [0, 0.1) is 0 Å². The monoisotopic (exact) mass is 607 g/mol. The van der Waals surface area contributed by atoms with Gasteiger partial charge in [0.05, 0.1) is 7.11 Å². The molecular formula is C31H33N3O8S. The van der Waals surface area contributed by atoms with E-state index in [4.69, 9.17) is 30.3 Å². The summed E-state index contributed by atoms with van der Waals surface area (Å²) in [6.45, 7) is 3.13. The number of thioether (sulfide) groups is 1. The fourth-order valence-corrected chi connectivity index (χ4v) is 6.68. The van der Waals surface area contributed by atoms with E-state index < -0.39 is 28.7 Å². The largest absolute Gasteiger partial charge is 0.496 e. The van der Waals surface area contributed by atoms with Gasteiger partial charge in [-0.05, 0) is 73.3 Å². The van der Waals surface area contributed by atoms with Crippen molar-refractivity contribution < 1.29 is 39.2 Å². The molecule has 0 saturated carbocycles. The van der Waals surface area contributed by atoms with Crippen LogP contribution >= 0.6 is 11.8 Å². The highest BCUT2D eigenvalue weighted by Gasteiger charge is 2.47. The van der Waals surface area contributed by atoms with Crippen molar-refractivity contribution in [3.05, 3.63) is 89.0 Å². The number of rotatable bonds is 7. The lowest BCUT2D eigenvalue weighted by atomic mass is 9.84. The summed E-state index contributed by atoms with van der Waals surface area (Å²) in [6.07, 6.45) is 3.12. The Balaban J connectivity index is 0.000000641. The Morgan fingerprint density at radius 1 is 1.00 bits per heavy atom. The predicted molar refractivity (Wildman–Crippen MR) is 160 cm³/mol. The Morgan fingerprint density at radius 2 is 1.65 bits per heavy atom. The first-order valence-corrected chi connectivity index (χ1v) is 14.4. The number of ether oxygens (including phenoxy) is 1. The number of likely N-dealkylation sites (tertiary alicyclic amines) is 1. The lowest BCUT2D eigenvalue weighted by molar-refractivity contribution is -0.159. The Morgan fingerprint density at radius 3 is 2.26 bits per heavy atom. The number of aliphatic carboxylic acids is 2. The van der Waals surface area contributed by atoms with Crippen molar-refractivity contribution in [3.8, 4) is 5.75 Å². The van der Waals surface area contributed by atoms with Crippen LogP contribution < -0.4 is 15.8 Å². The summed E-state index contributed by atoms with van der Waals surface area (Å²) in [5.74, 6) is -4.90. The standard InChI is InChI=1S/C29H31N3O4S.C2H2O4/c1-36-25-17-19(8-9-20(25)18-32-14-4-5-15-32)16-24-23-6-2-3-7-26(23)37-29(24,35)21-10-12-22(13-11-21)31-28(34)27(30)33;3-1(4)2(5)6/h2-3,6-13,17,24,35H,4-5,14-16,18H2,1H3,(H2,30,33)(H,31,34);(H,3,4)(H,5,6). The minimum absolute atomic E-state index is 0.200. The molecule has 2 unspecified atom stereocenters. The number of aliphatic hydroxyl groups is 1. The maximum atomic E-state index is 12.1. The molecule has 11 nitrogen and oxygen atoms in total. The quantitative estimate of drug-likeness (QED) is 0.251. The molecule has 2 atom stereocenters. The van der Waals surface area contributed by atoms with Gasteiger partial charge in [0.15, 0.2) is 0 Å². The van der Waals surface area contributed by atoms with Crippen molar-refractivity contribution in [1.82, 2.24) is 4.90 Å². The van der Waals surface area contributed by atoms with Gasteiger partial charge in [-0.2, -0.15) is 0 Å². The molecule has 43 heavy (non-hydrogen) atoms. The van der Waals surface area contributed by atoms with Gasteiger partial charge in [0.2, 0.25) is 0 Å². The predicted octanol–water partition coefficient (Wildman–Crippen LogP) is 3.15. The fraction of sp³-hybridized carbons (Fsp3) is 0.290. The third-order valence-corrected chi connectivity index (χ3v) is 8.80. The minimum atomic E-state index is -1.82. The Bertz CT molecular complexity index is 1500. The van der Waals surface area contributed by atoms with Crippen molar-refractivity contribution in [2.45, 2.75) is 41.6 Å². The molecule has 0 bridgehead atoms. The summed E-state index contributed by atoms with van der Waals surface area (Å²) in [6, 6.07) is 21.4. The van der Waals surface area contributed by atoms with E-state index in [-0.39, 0.29) is 5.92 Å². The van der Waals surface area contributed by atoms with Gasteiger partial charge in [0.1, 0.15) is 10.7 Å². The molecule has 6 N–H and O–H groups in total. The molecule has 0 radical (unpaired) electrons. The molecule has 3 aromatic rings. The number of anilines is 1. The van der Waals surface area contributed by atoms with Crippen LogP contribution in [-0.4, -0.2) is 64.2 Å². The number of carboxylic acids is 2. The maximum absolute atomic E-state index is 12.1. The average molecular weight is 608 g/mol. The summed E-state index contributed by atoms with van der Waals surface area (Å²) in [7, 11) is 1.71. The van der Waals surface area contributed by atoms with Crippen LogP contribution in [0.1, 0.15) is 41.0 Å². The van der Waals surface area contributed by atoms with Crippen LogP contribution in [0.5, 0.6) is 5.75 Å². The SMILES string of the molecule is COc1cc(CC2c3ccccc3SC2(O)c2ccc(NC(=O)C(N)=O)cc2)ccc1CN1CCCC1.O=C(O)C(=O)O. The highest BCUT2D eigenvalue weighted by Crippen LogP contribution is 2.58. The molecule has 0 spiro atoms. The number of benzene rings is 3. The van der Waals surface area contributed by atoms with Crippen LogP contribution in [0.4, 0.5) is 5.69 Å². The van der Waals surface area contributed by atoms with Gasteiger partial charge < -0.3 is 31.1 Å². The zero-order valence-corrected chi connectivity index (χ0v) is 24.3. The van der Waals surface area contributed by atoms with Crippen LogP contribution in [0.25, 0.3) is 0 Å². The summed E-state index contributed by atoms with van der Waals surface area (Å²) in [5, 5.41) is 29.3. The Kier molecular flexibility index (Phi) is 10.1. The number of carbonyl (C=O) groups excluding carboxylic acids is 2. The number of hydrogen-bond acceptors (Lipinski definition) is 8. The normalized spacial score (nSPS) is 19.1. The van der Waals surface area contributed by atoms with E-state index in [1.54, 1.807) is 31.4 Å². The van der Waals surface area contributed by atoms with Gasteiger partial charge in [-0.15, -0.1) is 0 Å². The molecule has 0 aliphatic carbocycles. The number of carboxylic acid groups (broad SMARTS) is 2. The van der Waals surface area contributed by atoms with Crippen LogP contribution in [0.15, 0.2) is 71.6 Å². The number of hydrogen-bond donors (Lipinski definition) is 5. The highest BCUT2D eigenvalue weighted by molar-refractivity contribution is 8.00. The number of fused-ring (bicyclic) bond motifs is 1. The molecule has 2 aliphatic heterocycles. The van der Waals surface area contributed by atoms with Crippen molar-refractivity contribution in [2.75, 3.05) is 25.5 Å². The van der Waals surface area contributed by atoms with E-state index in [2.05, 4.69) is 34.5 Å². The number of nitrogens with one attached hydrogen (secondary N) is 1. The zero-order valence-electron chi connectivity index (χ0n) is 23.5. The molecule has 226 valence electrons. The number of nitrogens with zero attached hydrogens (tertiary/aromatic N) is 1. The van der Waals surface area contributed by atoms with Crippen LogP contribution in [0.2, 0.25) is 0 Å². The van der Waals surface area contributed by atoms with Gasteiger partial charge in [0, 0.05) is 28.6 Å². The minimum Gasteiger partial charge on any atom is -0.496 e. The number of nitrogens with two attached hydrogens (primary N) is 1. The van der Waals surface area contributed by atoms with E-state index in [1.807, 2.05) is 18.2 Å². The molecular weight excluding hydrogens is 574 g/mol. The summed E-state index contributed by atoms with van der Waals surface area (Å²) in [5.41, 5.74) is 9.56. The lowest BCUT2D eigenvalue weighted by Gasteiger charge is -2.30. The number of primary amides is 1. The van der Waals surface area contributed by atoms with Gasteiger partial charge in [0.25, 0.3) is 0 Å². The van der Waals surface area contributed by atoms with Crippen molar-refractivity contribution >= 4 is 41.2 Å². The van der Waals surface area contributed by atoms with E-state index in [0.717, 1.165) is 41.4 Å². The second-order valence-corrected chi connectivity index (χ2v) is 11.5. The first-order chi connectivity index (χ1) is 20.5. The number of carbonyl (C=O) groups is 4. The zero-order chi connectivity index (χ0) is 31.1. The third kappa shape index (κ3) is 7.53. The highest BCUT2D eigenvalue weighted by atomic mass is 32.2.